The highest BCUT2D eigenvalue weighted by Crippen LogP contribution is 2.34. The van der Waals surface area contributed by atoms with Gasteiger partial charge in [0.2, 0.25) is 5.91 Å². The van der Waals surface area contributed by atoms with Gasteiger partial charge in [0.05, 0.1) is 5.92 Å². The molecule has 0 saturated heterocycles. The number of hydrogen-bond donors (Lipinski definition) is 0. The Balaban J connectivity index is 1.81. The minimum atomic E-state index is 0.0189. The van der Waals surface area contributed by atoms with Gasteiger partial charge in [0.25, 0.3) is 0 Å². The van der Waals surface area contributed by atoms with Crippen LogP contribution in [0.3, 0.4) is 0 Å². The van der Waals surface area contributed by atoms with Crippen molar-refractivity contribution in [3.05, 3.63) is 71.8 Å². The molecule has 1 aliphatic rings. The normalized spacial score (nSPS) is 19.3. The molecule has 2 nitrogen and oxygen atoms in total. The number of hydrogen-bond acceptors (Lipinski definition) is 1. The van der Waals surface area contributed by atoms with Crippen molar-refractivity contribution < 1.29 is 4.79 Å². The van der Waals surface area contributed by atoms with Crippen LogP contribution in [0.15, 0.2) is 66.2 Å². The molecule has 1 fully saturated rings. The molecule has 1 atom stereocenters. The summed E-state index contributed by atoms with van der Waals surface area (Å²) in [4.78, 5) is 14.6. The van der Waals surface area contributed by atoms with E-state index in [-0.39, 0.29) is 11.8 Å². The minimum absolute atomic E-state index is 0.0189. The summed E-state index contributed by atoms with van der Waals surface area (Å²) in [5, 5.41) is 0. The van der Waals surface area contributed by atoms with E-state index in [1.165, 1.54) is 11.1 Å². The smallest absolute Gasteiger partial charge is 0.233 e. The highest BCUT2D eigenvalue weighted by molar-refractivity contribution is 5.97. The highest BCUT2D eigenvalue weighted by atomic mass is 16.2. The average molecular weight is 291 g/mol. The predicted molar refractivity (Wildman–Crippen MR) is 91.6 cm³/mol. The summed E-state index contributed by atoms with van der Waals surface area (Å²) in [6.07, 6.45) is 5.26. The van der Waals surface area contributed by atoms with Gasteiger partial charge in [-0.05, 0) is 37.0 Å². The van der Waals surface area contributed by atoms with Crippen LogP contribution in [-0.2, 0) is 4.79 Å². The molecule has 112 valence electrons. The number of carbonyl (C=O) groups is 1. The summed E-state index contributed by atoms with van der Waals surface area (Å²) in [6, 6.07) is 20.1. The van der Waals surface area contributed by atoms with Gasteiger partial charge in [-0.1, -0.05) is 60.2 Å². The Kier molecular flexibility index (Phi) is 4.38. The van der Waals surface area contributed by atoms with Crippen LogP contribution < -0.4 is 4.90 Å². The molecule has 2 aromatic rings. The third-order valence-electron chi connectivity index (χ3n) is 4.33. The molecule has 0 heterocycles. The van der Waals surface area contributed by atoms with Crippen molar-refractivity contribution in [3.8, 4) is 0 Å². The lowest BCUT2D eigenvalue weighted by Crippen LogP contribution is -2.32. The molecule has 1 amide bonds. The van der Waals surface area contributed by atoms with Crippen molar-refractivity contribution in [2.75, 3.05) is 11.9 Å². The summed E-state index contributed by atoms with van der Waals surface area (Å²) < 4.78 is 0. The van der Waals surface area contributed by atoms with Crippen LogP contribution in [-0.4, -0.2) is 13.0 Å². The van der Waals surface area contributed by atoms with E-state index in [4.69, 9.17) is 0 Å². The number of carbonyl (C=O) groups excluding carboxylic acids is 1. The number of amides is 1. The van der Waals surface area contributed by atoms with Gasteiger partial charge in [-0.2, -0.15) is 0 Å². The zero-order valence-electron chi connectivity index (χ0n) is 12.9. The SMILES string of the molecule is CN(C(=O)[C@@H]1CCC/C1=C\c1ccccc1)c1ccccc1. The van der Waals surface area contributed by atoms with E-state index in [9.17, 15) is 4.79 Å². The number of rotatable bonds is 3. The fourth-order valence-corrected chi connectivity index (χ4v) is 3.10. The number of nitrogens with zero attached hydrogens (tertiary/aromatic N) is 1. The van der Waals surface area contributed by atoms with Crippen LogP contribution in [0.4, 0.5) is 5.69 Å². The van der Waals surface area contributed by atoms with Crippen LogP contribution in [0.2, 0.25) is 0 Å². The summed E-state index contributed by atoms with van der Waals surface area (Å²) >= 11 is 0. The van der Waals surface area contributed by atoms with E-state index < -0.39 is 0 Å². The van der Waals surface area contributed by atoms with Crippen LogP contribution >= 0.6 is 0 Å². The van der Waals surface area contributed by atoms with Crippen LogP contribution in [0.25, 0.3) is 6.08 Å². The molecule has 2 aromatic carbocycles. The molecule has 1 saturated carbocycles. The molecule has 0 bridgehead atoms. The number of anilines is 1. The lowest BCUT2D eigenvalue weighted by atomic mass is 9.98. The van der Waals surface area contributed by atoms with E-state index in [0.717, 1.165) is 24.9 Å². The van der Waals surface area contributed by atoms with Gasteiger partial charge in [0, 0.05) is 12.7 Å². The number of para-hydroxylation sites is 1. The van der Waals surface area contributed by atoms with E-state index in [1.807, 2.05) is 55.6 Å². The van der Waals surface area contributed by atoms with Gasteiger partial charge in [0.15, 0.2) is 0 Å². The largest absolute Gasteiger partial charge is 0.315 e. The molecule has 0 aliphatic heterocycles. The Hall–Kier alpha value is -2.35. The molecule has 0 N–H and O–H groups in total. The van der Waals surface area contributed by atoms with Crippen molar-refractivity contribution in [1.82, 2.24) is 0 Å². The first-order valence-electron chi connectivity index (χ1n) is 7.84. The maximum absolute atomic E-state index is 12.8. The molecule has 0 spiro atoms. The first kappa shape index (κ1) is 14.6. The van der Waals surface area contributed by atoms with Gasteiger partial charge in [0.1, 0.15) is 0 Å². The van der Waals surface area contributed by atoms with Gasteiger partial charge in [-0.25, -0.2) is 0 Å². The first-order chi connectivity index (χ1) is 10.8. The topological polar surface area (TPSA) is 20.3 Å². The number of benzene rings is 2. The fraction of sp³-hybridized carbons (Fsp3) is 0.250. The summed E-state index contributed by atoms with van der Waals surface area (Å²) in [6.45, 7) is 0. The molecular weight excluding hydrogens is 270 g/mol. The average Bonchev–Trinajstić information content (AvgIpc) is 3.03. The first-order valence-corrected chi connectivity index (χ1v) is 7.84. The lowest BCUT2D eigenvalue weighted by molar-refractivity contribution is -0.120. The van der Waals surface area contributed by atoms with Crippen molar-refractivity contribution in [1.29, 1.82) is 0 Å². The van der Waals surface area contributed by atoms with E-state index >= 15 is 0 Å². The molecule has 0 unspecified atom stereocenters. The Bertz CT molecular complexity index is 661. The van der Waals surface area contributed by atoms with E-state index in [2.05, 4.69) is 18.2 Å². The van der Waals surface area contributed by atoms with Gasteiger partial charge in [-0.15, -0.1) is 0 Å². The molecule has 1 aliphatic carbocycles. The summed E-state index contributed by atoms with van der Waals surface area (Å²) in [5.74, 6) is 0.219. The van der Waals surface area contributed by atoms with Crippen LogP contribution in [0, 0.1) is 5.92 Å². The van der Waals surface area contributed by atoms with E-state index in [1.54, 1.807) is 4.90 Å². The van der Waals surface area contributed by atoms with Crippen LogP contribution in [0.1, 0.15) is 24.8 Å². The fourth-order valence-electron chi connectivity index (χ4n) is 3.10. The monoisotopic (exact) mass is 291 g/mol. The van der Waals surface area contributed by atoms with Crippen molar-refractivity contribution in [2.45, 2.75) is 19.3 Å². The Morgan fingerprint density at radius 1 is 1.05 bits per heavy atom. The van der Waals surface area contributed by atoms with Crippen molar-refractivity contribution in [2.24, 2.45) is 5.92 Å². The molecule has 0 radical (unpaired) electrons. The van der Waals surface area contributed by atoms with Gasteiger partial charge < -0.3 is 4.90 Å². The van der Waals surface area contributed by atoms with E-state index in [0.29, 0.717) is 0 Å². The molecular formula is C20H21NO. The highest BCUT2D eigenvalue weighted by Gasteiger charge is 2.30. The second kappa shape index (κ2) is 6.61. The lowest BCUT2D eigenvalue weighted by Gasteiger charge is -2.22. The van der Waals surface area contributed by atoms with Crippen LogP contribution in [0.5, 0.6) is 0 Å². The Morgan fingerprint density at radius 2 is 1.68 bits per heavy atom. The maximum Gasteiger partial charge on any atom is 0.233 e. The van der Waals surface area contributed by atoms with Crippen molar-refractivity contribution in [3.63, 3.8) is 0 Å². The zero-order chi connectivity index (χ0) is 15.4. The Labute approximate surface area is 132 Å². The predicted octanol–water partition coefficient (Wildman–Crippen LogP) is 4.53. The summed E-state index contributed by atoms with van der Waals surface area (Å²) in [7, 11) is 1.87. The summed E-state index contributed by atoms with van der Waals surface area (Å²) in [5.41, 5.74) is 3.40. The Morgan fingerprint density at radius 3 is 2.36 bits per heavy atom. The quantitative estimate of drug-likeness (QED) is 0.813. The minimum Gasteiger partial charge on any atom is -0.315 e. The molecule has 0 aromatic heterocycles. The third kappa shape index (κ3) is 3.11. The van der Waals surface area contributed by atoms with Gasteiger partial charge >= 0.3 is 0 Å². The maximum atomic E-state index is 12.8. The second-order valence-corrected chi connectivity index (χ2v) is 5.81. The molecule has 22 heavy (non-hydrogen) atoms. The van der Waals surface area contributed by atoms with Crippen molar-refractivity contribution >= 4 is 17.7 Å². The zero-order valence-corrected chi connectivity index (χ0v) is 12.9. The second-order valence-electron chi connectivity index (χ2n) is 5.81. The molecule has 3 rings (SSSR count). The molecule has 2 heteroatoms. The van der Waals surface area contributed by atoms with Gasteiger partial charge in [-0.3, -0.25) is 4.79 Å². The standard InChI is InChI=1S/C20H21NO/c1-21(18-12-6-3-7-13-18)20(22)19-14-8-11-17(19)15-16-9-4-2-5-10-16/h2-7,9-10,12-13,15,19H,8,11,14H2,1H3/b17-15+/t19-/m1/s1. The third-order valence-corrected chi connectivity index (χ3v) is 4.33.